The molecule has 1 heterocycles. The smallest absolute Gasteiger partial charge is 0.382 e. The number of aryl methyl sites for hydroxylation is 1. The quantitative estimate of drug-likeness (QED) is 0.645. The molecule has 0 atom stereocenters. The van der Waals surface area contributed by atoms with E-state index in [1.54, 1.807) is 0 Å². The molecule has 0 bridgehead atoms. The van der Waals surface area contributed by atoms with Crippen molar-refractivity contribution >= 4 is 29.3 Å². The number of phosphoric ester groups is 1. The zero-order valence-electron chi connectivity index (χ0n) is 13.1. The van der Waals surface area contributed by atoms with E-state index in [-0.39, 0.29) is 15.9 Å². The Morgan fingerprint density at radius 3 is 2.27 bits per heavy atom. The molecule has 1 aromatic rings. The van der Waals surface area contributed by atoms with E-state index in [2.05, 4.69) is 14.1 Å². The Balaban J connectivity index is 3.44. The van der Waals surface area contributed by atoms with Crippen molar-refractivity contribution in [2.45, 2.75) is 44.0 Å². The molecule has 0 aliphatic carbocycles. The van der Waals surface area contributed by atoms with E-state index in [0.717, 1.165) is 14.2 Å². The molecule has 0 N–H and O–H groups in total. The van der Waals surface area contributed by atoms with Crippen LogP contribution in [0.5, 0.6) is 5.88 Å². The average molecular weight is 375 g/mol. The molecule has 1 rings (SSSR count). The van der Waals surface area contributed by atoms with Crippen LogP contribution in [0.4, 0.5) is 0 Å². The van der Waals surface area contributed by atoms with Crippen molar-refractivity contribution < 1.29 is 26.6 Å². The predicted molar refractivity (Wildman–Crippen MR) is 82.1 cm³/mol. The van der Waals surface area contributed by atoms with Gasteiger partial charge in [0.1, 0.15) is 5.02 Å². The predicted octanol–water partition coefficient (Wildman–Crippen LogP) is 2.91. The fraction of sp³-hybridized carbons (Fsp3) is 0.727. The van der Waals surface area contributed by atoms with Crippen LogP contribution in [-0.4, -0.2) is 37.7 Å². The molecule has 8 nitrogen and oxygen atoms in total. The van der Waals surface area contributed by atoms with Crippen LogP contribution in [0, 0.1) is 0 Å². The van der Waals surface area contributed by atoms with Crippen LogP contribution in [0.1, 0.15) is 27.2 Å². The van der Waals surface area contributed by atoms with Crippen LogP contribution in [0.25, 0.3) is 0 Å². The number of nitrogens with zero attached hydrogens (tertiary/aromatic N) is 2. The standard InChI is InChI=1S/C11H20ClN2O6PS/c1-6-7-14-11(22(16,17)8(2)3)9(12)10(13-14)20-21(15,18-4)19-5/h8H,6-7H2,1-5H3. The Hall–Kier alpha value is -0.600. The zero-order valence-corrected chi connectivity index (χ0v) is 15.5. The van der Waals surface area contributed by atoms with Crippen LogP contribution in [0.15, 0.2) is 5.03 Å². The van der Waals surface area contributed by atoms with E-state index < -0.39 is 22.9 Å². The second-order valence-electron chi connectivity index (χ2n) is 4.64. The topological polar surface area (TPSA) is 96.7 Å². The second kappa shape index (κ2) is 7.31. The van der Waals surface area contributed by atoms with Gasteiger partial charge in [0.05, 0.1) is 5.25 Å². The summed E-state index contributed by atoms with van der Waals surface area (Å²) in [5, 5.41) is 2.88. The molecule has 22 heavy (non-hydrogen) atoms. The first-order valence-electron chi connectivity index (χ1n) is 6.54. The van der Waals surface area contributed by atoms with Gasteiger partial charge in [-0.2, -0.15) is 0 Å². The normalized spacial score (nSPS) is 12.9. The highest BCUT2D eigenvalue weighted by Gasteiger charge is 2.34. The molecular formula is C11H20ClN2O6PS. The van der Waals surface area contributed by atoms with Gasteiger partial charge >= 0.3 is 7.82 Å². The van der Waals surface area contributed by atoms with E-state index in [4.69, 9.17) is 16.1 Å². The molecule has 0 saturated heterocycles. The molecule has 0 saturated carbocycles. The Bertz CT molecular complexity index is 664. The number of halogens is 1. The molecule has 0 aliphatic rings. The van der Waals surface area contributed by atoms with E-state index in [1.807, 2.05) is 6.92 Å². The van der Waals surface area contributed by atoms with Gasteiger partial charge in [-0.15, -0.1) is 5.10 Å². The van der Waals surface area contributed by atoms with Gasteiger partial charge in [-0.3, -0.25) is 9.05 Å². The van der Waals surface area contributed by atoms with Crippen molar-refractivity contribution in [1.82, 2.24) is 9.78 Å². The van der Waals surface area contributed by atoms with Crippen molar-refractivity contribution in [3.8, 4) is 5.88 Å². The van der Waals surface area contributed by atoms with Crippen LogP contribution in [-0.2, 0) is 30.0 Å². The summed E-state index contributed by atoms with van der Waals surface area (Å²) < 4.78 is 52.4. The van der Waals surface area contributed by atoms with Gasteiger partial charge in [0, 0.05) is 20.8 Å². The van der Waals surface area contributed by atoms with Gasteiger partial charge in [0.15, 0.2) is 14.9 Å². The molecular weight excluding hydrogens is 355 g/mol. The number of hydrogen-bond acceptors (Lipinski definition) is 7. The maximum atomic E-state index is 12.4. The minimum atomic E-state index is -3.89. The van der Waals surface area contributed by atoms with Crippen molar-refractivity contribution in [2.24, 2.45) is 0 Å². The monoisotopic (exact) mass is 374 g/mol. The maximum Gasteiger partial charge on any atom is 0.530 e. The molecule has 0 amide bonds. The minimum Gasteiger partial charge on any atom is -0.382 e. The summed E-state index contributed by atoms with van der Waals surface area (Å²) in [7, 11) is -5.31. The fourth-order valence-corrected chi connectivity index (χ4v) is 3.97. The number of sulfone groups is 1. The van der Waals surface area contributed by atoms with Gasteiger partial charge in [-0.25, -0.2) is 17.7 Å². The summed E-state index contributed by atoms with van der Waals surface area (Å²) >= 11 is 6.09. The van der Waals surface area contributed by atoms with Crippen molar-refractivity contribution in [1.29, 1.82) is 0 Å². The third kappa shape index (κ3) is 3.83. The molecule has 0 aromatic carbocycles. The highest BCUT2D eigenvalue weighted by molar-refractivity contribution is 7.92. The Morgan fingerprint density at radius 1 is 1.32 bits per heavy atom. The summed E-state index contributed by atoms with van der Waals surface area (Å²) in [6.45, 7) is 5.24. The first-order valence-corrected chi connectivity index (χ1v) is 9.92. The summed E-state index contributed by atoms with van der Waals surface area (Å²) in [6, 6.07) is 0. The number of aromatic nitrogens is 2. The Kier molecular flexibility index (Phi) is 6.46. The fourth-order valence-electron chi connectivity index (χ4n) is 1.58. The van der Waals surface area contributed by atoms with Crippen molar-refractivity contribution in [3.05, 3.63) is 5.02 Å². The van der Waals surface area contributed by atoms with Gasteiger partial charge in [0.25, 0.3) is 5.88 Å². The van der Waals surface area contributed by atoms with Crippen LogP contribution in [0.2, 0.25) is 5.02 Å². The van der Waals surface area contributed by atoms with Crippen molar-refractivity contribution in [3.63, 3.8) is 0 Å². The highest BCUT2D eigenvalue weighted by Crippen LogP contribution is 2.49. The van der Waals surface area contributed by atoms with Gasteiger partial charge in [-0.05, 0) is 20.3 Å². The van der Waals surface area contributed by atoms with Crippen molar-refractivity contribution in [2.75, 3.05) is 14.2 Å². The zero-order chi connectivity index (χ0) is 17.1. The van der Waals surface area contributed by atoms with Crippen LogP contribution < -0.4 is 4.52 Å². The summed E-state index contributed by atoms with van der Waals surface area (Å²) in [4.78, 5) is 0. The van der Waals surface area contributed by atoms with E-state index in [9.17, 15) is 13.0 Å². The van der Waals surface area contributed by atoms with E-state index in [1.165, 1.54) is 18.5 Å². The molecule has 1 aromatic heterocycles. The summed E-state index contributed by atoms with van der Waals surface area (Å²) in [6.07, 6.45) is 0.629. The van der Waals surface area contributed by atoms with Crippen LogP contribution >= 0.6 is 19.4 Å². The molecule has 0 radical (unpaired) electrons. The first-order chi connectivity index (χ1) is 10.1. The third-order valence-electron chi connectivity index (χ3n) is 2.79. The molecule has 0 fully saturated rings. The van der Waals surface area contributed by atoms with Crippen LogP contribution in [0.3, 0.4) is 0 Å². The van der Waals surface area contributed by atoms with Gasteiger partial charge in [-0.1, -0.05) is 18.5 Å². The first kappa shape index (κ1) is 19.4. The molecule has 0 aliphatic heterocycles. The SMILES string of the molecule is CCCn1nc(OP(=O)(OC)OC)c(Cl)c1S(=O)(=O)C(C)C. The summed E-state index contributed by atoms with van der Waals surface area (Å²) in [5.74, 6) is -0.304. The number of hydrogen-bond donors (Lipinski definition) is 0. The second-order valence-corrected chi connectivity index (χ2v) is 9.25. The van der Waals surface area contributed by atoms with Gasteiger partial charge < -0.3 is 4.52 Å². The molecule has 0 spiro atoms. The molecule has 0 unspecified atom stereocenters. The average Bonchev–Trinajstić information content (AvgIpc) is 2.75. The lowest BCUT2D eigenvalue weighted by molar-refractivity contribution is 0.208. The minimum absolute atomic E-state index is 0.167. The number of rotatable bonds is 8. The summed E-state index contributed by atoms with van der Waals surface area (Å²) in [5.41, 5.74) is 0. The Morgan fingerprint density at radius 2 is 1.86 bits per heavy atom. The Labute approximate surface area is 135 Å². The van der Waals surface area contributed by atoms with E-state index in [0.29, 0.717) is 13.0 Å². The van der Waals surface area contributed by atoms with Gasteiger partial charge in [0.2, 0.25) is 0 Å². The third-order valence-corrected chi connectivity index (χ3v) is 6.73. The lowest BCUT2D eigenvalue weighted by atomic mass is 10.5. The molecule has 11 heteroatoms. The van der Waals surface area contributed by atoms with E-state index >= 15 is 0 Å². The lowest BCUT2D eigenvalue weighted by Crippen LogP contribution is -2.19. The highest BCUT2D eigenvalue weighted by atomic mass is 35.5. The maximum absolute atomic E-state index is 12.4. The lowest BCUT2D eigenvalue weighted by Gasteiger charge is -2.12. The molecule has 128 valence electrons. The largest absolute Gasteiger partial charge is 0.530 e. The number of phosphoric acid groups is 1.